The second-order valence-corrected chi connectivity index (χ2v) is 5.41. The molecule has 0 radical (unpaired) electrons. The van der Waals surface area contributed by atoms with Crippen LogP contribution in [-0.4, -0.2) is 23.3 Å². The minimum Gasteiger partial charge on any atom is -0.481 e. The molecule has 0 aliphatic rings. The van der Waals surface area contributed by atoms with E-state index in [9.17, 15) is 9.59 Å². The van der Waals surface area contributed by atoms with E-state index in [1.165, 1.54) is 6.34 Å². The molecule has 25 heavy (non-hydrogen) atoms. The molecule has 7 heteroatoms. The number of nitrogens with two attached hydrogens (primary N) is 1. The van der Waals surface area contributed by atoms with Crippen LogP contribution in [0.5, 0.6) is 0 Å². The van der Waals surface area contributed by atoms with Crippen LogP contribution < -0.4 is 16.6 Å². The molecule has 0 heterocycles. The summed E-state index contributed by atoms with van der Waals surface area (Å²) in [5.74, 6) is 4.13. The van der Waals surface area contributed by atoms with E-state index in [1.54, 1.807) is 30.3 Å². The highest BCUT2D eigenvalue weighted by molar-refractivity contribution is 5.92. The fraction of sp³-hybridized carbons (Fsp3) is 0.167. The maximum Gasteiger partial charge on any atom is 0.303 e. The third-order valence-corrected chi connectivity index (χ3v) is 3.40. The van der Waals surface area contributed by atoms with Gasteiger partial charge in [-0.05, 0) is 41.8 Å². The zero-order chi connectivity index (χ0) is 18.1. The number of hydrazine groups is 1. The van der Waals surface area contributed by atoms with Gasteiger partial charge >= 0.3 is 5.97 Å². The predicted molar refractivity (Wildman–Crippen MR) is 96.6 cm³/mol. The predicted octanol–water partition coefficient (Wildman–Crippen LogP) is 2.01. The largest absolute Gasteiger partial charge is 0.481 e. The number of carbonyl (C=O) groups is 2. The molecule has 0 aliphatic heterocycles. The Morgan fingerprint density at radius 1 is 1.12 bits per heavy atom. The van der Waals surface area contributed by atoms with Crippen LogP contribution in [0.4, 0.5) is 11.4 Å². The molecule has 0 fully saturated rings. The number of carboxylic acid groups (broad SMARTS) is 1. The zero-order valence-electron chi connectivity index (χ0n) is 13.6. The number of aliphatic carboxylic acids is 1. The number of aryl methyl sites for hydroxylation is 1. The van der Waals surface area contributed by atoms with Crippen molar-refractivity contribution in [1.82, 2.24) is 5.43 Å². The molecule has 130 valence electrons. The molecular formula is C18H20N4O3. The van der Waals surface area contributed by atoms with Crippen LogP contribution in [0.25, 0.3) is 0 Å². The second kappa shape index (κ2) is 9.19. The monoisotopic (exact) mass is 340 g/mol. The van der Waals surface area contributed by atoms with Gasteiger partial charge in [-0.25, -0.2) is 10.8 Å². The second-order valence-electron chi connectivity index (χ2n) is 5.41. The number of aliphatic imine (C=N–C) groups is 1. The molecule has 0 aliphatic carbocycles. The van der Waals surface area contributed by atoms with Gasteiger partial charge in [0.05, 0.1) is 12.1 Å². The topological polar surface area (TPSA) is 117 Å². The van der Waals surface area contributed by atoms with Gasteiger partial charge < -0.3 is 15.8 Å². The molecule has 2 aromatic carbocycles. The van der Waals surface area contributed by atoms with E-state index < -0.39 is 5.97 Å². The fourth-order valence-corrected chi connectivity index (χ4v) is 2.30. The van der Waals surface area contributed by atoms with Crippen LogP contribution in [0.1, 0.15) is 17.5 Å². The number of rotatable bonds is 8. The lowest BCUT2D eigenvalue weighted by Gasteiger charge is -2.08. The molecule has 0 atom stereocenters. The number of amides is 1. The Morgan fingerprint density at radius 2 is 1.88 bits per heavy atom. The zero-order valence-corrected chi connectivity index (χ0v) is 13.6. The van der Waals surface area contributed by atoms with Crippen molar-refractivity contribution >= 4 is 29.6 Å². The van der Waals surface area contributed by atoms with E-state index >= 15 is 0 Å². The Labute approximate surface area is 145 Å². The van der Waals surface area contributed by atoms with Crippen LogP contribution in [0.15, 0.2) is 53.5 Å². The number of hydrogen-bond acceptors (Lipinski definition) is 4. The molecule has 0 saturated heterocycles. The van der Waals surface area contributed by atoms with Gasteiger partial charge in [0, 0.05) is 12.1 Å². The summed E-state index contributed by atoms with van der Waals surface area (Å²) in [5, 5.41) is 11.6. The van der Waals surface area contributed by atoms with Crippen molar-refractivity contribution in [2.75, 3.05) is 5.32 Å². The Hall–Kier alpha value is -3.19. The first-order valence-electron chi connectivity index (χ1n) is 7.75. The molecule has 0 bridgehead atoms. The van der Waals surface area contributed by atoms with Gasteiger partial charge in [0.1, 0.15) is 6.34 Å². The highest BCUT2D eigenvalue weighted by atomic mass is 16.4. The van der Waals surface area contributed by atoms with Gasteiger partial charge in [0.15, 0.2) is 0 Å². The highest BCUT2D eigenvalue weighted by Crippen LogP contribution is 2.16. The SMILES string of the molecule is NNC=Nc1cccc(CC(=O)Nc2cccc(CCC(=O)O)c2)c1. The summed E-state index contributed by atoms with van der Waals surface area (Å²) in [7, 11) is 0. The lowest BCUT2D eigenvalue weighted by molar-refractivity contribution is -0.137. The maximum absolute atomic E-state index is 12.2. The van der Waals surface area contributed by atoms with Crippen LogP contribution >= 0.6 is 0 Å². The van der Waals surface area contributed by atoms with Crippen molar-refractivity contribution in [2.45, 2.75) is 19.3 Å². The summed E-state index contributed by atoms with van der Waals surface area (Å²) in [6.45, 7) is 0. The molecule has 7 nitrogen and oxygen atoms in total. The summed E-state index contributed by atoms with van der Waals surface area (Å²) in [5.41, 5.74) is 5.36. The summed E-state index contributed by atoms with van der Waals surface area (Å²) >= 11 is 0. The van der Waals surface area contributed by atoms with Crippen molar-refractivity contribution in [2.24, 2.45) is 10.8 Å². The van der Waals surface area contributed by atoms with Crippen LogP contribution in [-0.2, 0) is 22.4 Å². The van der Waals surface area contributed by atoms with Crippen LogP contribution in [0.3, 0.4) is 0 Å². The first kappa shape index (κ1) is 18.2. The molecule has 2 aromatic rings. The van der Waals surface area contributed by atoms with Gasteiger partial charge in [-0.2, -0.15) is 0 Å². The van der Waals surface area contributed by atoms with E-state index in [0.29, 0.717) is 17.8 Å². The molecule has 2 rings (SSSR count). The van der Waals surface area contributed by atoms with E-state index in [-0.39, 0.29) is 18.7 Å². The number of anilines is 1. The van der Waals surface area contributed by atoms with Gasteiger partial charge in [-0.1, -0.05) is 24.3 Å². The number of nitrogens with zero attached hydrogens (tertiary/aromatic N) is 1. The van der Waals surface area contributed by atoms with Crippen molar-refractivity contribution in [3.05, 3.63) is 59.7 Å². The standard InChI is InChI=1S/C18H20N4O3/c19-21-12-20-15-5-2-4-14(10-15)11-17(23)22-16-6-1-3-13(9-16)7-8-18(24)25/h1-6,9-10,12H,7-8,11,19H2,(H,20,21)(H,22,23)(H,24,25). The molecule has 0 spiro atoms. The number of benzene rings is 2. The van der Waals surface area contributed by atoms with Crippen molar-refractivity contribution in [3.63, 3.8) is 0 Å². The normalized spacial score (nSPS) is 10.6. The number of hydrogen-bond donors (Lipinski definition) is 4. The average molecular weight is 340 g/mol. The van der Waals surface area contributed by atoms with Crippen LogP contribution in [0.2, 0.25) is 0 Å². The third kappa shape index (κ3) is 6.44. The van der Waals surface area contributed by atoms with E-state index in [2.05, 4.69) is 15.7 Å². The third-order valence-electron chi connectivity index (χ3n) is 3.40. The first-order valence-corrected chi connectivity index (χ1v) is 7.75. The molecular weight excluding hydrogens is 320 g/mol. The summed E-state index contributed by atoms with van der Waals surface area (Å²) in [6.07, 6.45) is 2.05. The minimum atomic E-state index is -0.846. The Kier molecular flexibility index (Phi) is 6.67. The number of carbonyl (C=O) groups excluding carboxylic acids is 1. The Balaban J connectivity index is 1.97. The van der Waals surface area contributed by atoms with Crippen molar-refractivity contribution in [3.8, 4) is 0 Å². The molecule has 0 unspecified atom stereocenters. The summed E-state index contributed by atoms with van der Waals surface area (Å²) < 4.78 is 0. The van der Waals surface area contributed by atoms with Crippen molar-refractivity contribution in [1.29, 1.82) is 0 Å². The molecule has 0 aromatic heterocycles. The lowest BCUT2D eigenvalue weighted by atomic mass is 10.1. The Morgan fingerprint density at radius 3 is 2.64 bits per heavy atom. The fourth-order valence-electron chi connectivity index (χ4n) is 2.30. The van der Waals surface area contributed by atoms with Gasteiger partial charge in [0.2, 0.25) is 5.91 Å². The van der Waals surface area contributed by atoms with Gasteiger partial charge in [-0.15, -0.1) is 0 Å². The van der Waals surface area contributed by atoms with Gasteiger partial charge in [-0.3, -0.25) is 9.59 Å². The summed E-state index contributed by atoms with van der Waals surface area (Å²) in [4.78, 5) is 26.9. The van der Waals surface area contributed by atoms with Crippen LogP contribution in [0, 0.1) is 0 Å². The van der Waals surface area contributed by atoms with E-state index in [0.717, 1.165) is 11.1 Å². The quantitative estimate of drug-likeness (QED) is 0.254. The minimum absolute atomic E-state index is 0.0579. The summed E-state index contributed by atoms with van der Waals surface area (Å²) in [6, 6.07) is 14.5. The highest BCUT2D eigenvalue weighted by Gasteiger charge is 2.06. The average Bonchev–Trinajstić information content (AvgIpc) is 2.58. The van der Waals surface area contributed by atoms with Crippen molar-refractivity contribution < 1.29 is 14.7 Å². The number of carboxylic acids is 1. The lowest BCUT2D eigenvalue weighted by Crippen LogP contribution is -2.18. The smallest absolute Gasteiger partial charge is 0.303 e. The molecule has 5 N–H and O–H groups in total. The maximum atomic E-state index is 12.2. The van der Waals surface area contributed by atoms with E-state index in [4.69, 9.17) is 10.9 Å². The first-order chi connectivity index (χ1) is 12.1. The van der Waals surface area contributed by atoms with Gasteiger partial charge in [0.25, 0.3) is 0 Å². The molecule has 0 saturated carbocycles. The van der Waals surface area contributed by atoms with E-state index in [1.807, 2.05) is 18.2 Å². The number of nitrogens with one attached hydrogen (secondary N) is 2. The Bertz CT molecular complexity index is 774. The molecule has 1 amide bonds.